The second-order valence-electron chi connectivity index (χ2n) is 3.45. The van der Waals surface area contributed by atoms with Gasteiger partial charge >= 0.3 is 0 Å². The van der Waals surface area contributed by atoms with E-state index in [1.807, 2.05) is 0 Å². The number of benzene rings is 1. The summed E-state index contributed by atoms with van der Waals surface area (Å²) in [6, 6.07) is 2.16. The molecule has 4 heteroatoms. The zero-order valence-electron chi connectivity index (χ0n) is 8.06. The van der Waals surface area contributed by atoms with Crippen LogP contribution in [0.3, 0.4) is 0 Å². The largest absolute Gasteiger partial charge is 0.396 e. The number of fused-ring (bicyclic) bond motifs is 1. The minimum atomic E-state index is -0.583. The average Bonchev–Trinajstić information content (AvgIpc) is 2.58. The summed E-state index contributed by atoms with van der Waals surface area (Å²) in [5.41, 5.74) is 1.15. The van der Waals surface area contributed by atoms with Crippen LogP contribution < -0.4 is 0 Å². The number of aromatic amines is 1. The molecule has 80 valence electrons. The lowest BCUT2D eigenvalue weighted by atomic mass is 10.1. The van der Waals surface area contributed by atoms with Gasteiger partial charge in [0.05, 0.1) is 5.52 Å². The van der Waals surface area contributed by atoms with Crippen LogP contribution in [0.15, 0.2) is 18.3 Å². The van der Waals surface area contributed by atoms with Crippen molar-refractivity contribution >= 4 is 10.9 Å². The Labute approximate surface area is 85.5 Å². The highest BCUT2D eigenvalue weighted by Crippen LogP contribution is 2.23. The SMILES string of the molecule is OCCCc1c[nH]c2c(F)cc(F)cc12. The number of hydrogen-bond acceptors (Lipinski definition) is 1. The van der Waals surface area contributed by atoms with E-state index in [2.05, 4.69) is 4.98 Å². The first-order valence-electron chi connectivity index (χ1n) is 4.78. The van der Waals surface area contributed by atoms with Crippen molar-refractivity contribution in [3.05, 3.63) is 35.5 Å². The second kappa shape index (κ2) is 3.98. The minimum Gasteiger partial charge on any atom is -0.396 e. The quantitative estimate of drug-likeness (QED) is 0.803. The number of aromatic nitrogens is 1. The Morgan fingerprint density at radius 2 is 2.07 bits per heavy atom. The predicted octanol–water partition coefficient (Wildman–Crippen LogP) is 2.37. The van der Waals surface area contributed by atoms with E-state index in [1.54, 1.807) is 6.20 Å². The van der Waals surface area contributed by atoms with Crippen molar-refractivity contribution in [2.75, 3.05) is 6.61 Å². The summed E-state index contributed by atoms with van der Waals surface area (Å²) in [4.78, 5) is 2.77. The summed E-state index contributed by atoms with van der Waals surface area (Å²) in [5, 5.41) is 9.24. The Morgan fingerprint density at radius 1 is 1.27 bits per heavy atom. The zero-order valence-corrected chi connectivity index (χ0v) is 8.06. The Kier molecular flexibility index (Phi) is 2.68. The molecule has 2 nitrogen and oxygen atoms in total. The van der Waals surface area contributed by atoms with Gasteiger partial charge in [-0.05, 0) is 24.5 Å². The van der Waals surface area contributed by atoms with E-state index in [0.717, 1.165) is 11.6 Å². The van der Waals surface area contributed by atoms with Crippen LogP contribution in [-0.4, -0.2) is 16.7 Å². The molecule has 0 amide bonds. The molecule has 0 bridgehead atoms. The van der Waals surface area contributed by atoms with Crippen molar-refractivity contribution in [2.24, 2.45) is 0 Å². The normalized spacial score (nSPS) is 11.1. The van der Waals surface area contributed by atoms with Gasteiger partial charge in [-0.2, -0.15) is 0 Å². The topological polar surface area (TPSA) is 36.0 Å². The fourth-order valence-electron chi connectivity index (χ4n) is 1.69. The van der Waals surface area contributed by atoms with E-state index in [4.69, 9.17) is 5.11 Å². The third kappa shape index (κ3) is 1.85. The van der Waals surface area contributed by atoms with Crippen LogP contribution in [0.5, 0.6) is 0 Å². The highest BCUT2D eigenvalue weighted by molar-refractivity contribution is 5.83. The molecule has 0 aliphatic carbocycles. The Balaban J connectivity index is 2.49. The number of rotatable bonds is 3. The molecule has 0 unspecified atom stereocenters. The standard InChI is InChI=1S/C11H11F2NO/c12-8-4-9-7(2-1-3-15)6-14-11(9)10(13)5-8/h4-6,14-15H,1-3H2. The first-order chi connectivity index (χ1) is 7.22. The smallest absolute Gasteiger partial charge is 0.150 e. The van der Waals surface area contributed by atoms with Crippen molar-refractivity contribution in [1.29, 1.82) is 0 Å². The molecule has 0 aliphatic rings. The van der Waals surface area contributed by atoms with E-state index in [0.29, 0.717) is 23.7 Å². The summed E-state index contributed by atoms with van der Waals surface area (Å²) in [7, 11) is 0. The number of aryl methyl sites for hydroxylation is 1. The second-order valence-corrected chi connectivity index (χ2v) is 3.45. The summed E-state index contributed by atoms with van der Waals surface area (Å²) in [6.07, 6.45) is 2.85. The molecule has 2 aromatic rings. The van der Waals surface area contributed by atoms with Crippen LogP contribution >= 0.6 is 0 Å². The van der Waals surface area contributed by atoms with Crippen molar-refractivity contribution in [3.63, 3.8) is 0 Å². The van der Waals surface area contributed by atoms with Crippen molar-refractivity contribution < 1.29 is 13.9 Å². The van der Waals surface area contributed by atoms with Gasteiger partial charge in [-0.15, -0.1) is 0 Å². The first kappa shape index (κ1) is 10.1. The molecule has 0 saturated heterocycles. The fraction of sp³-hybridized carbons (Fsp3) is 0.273. The van der Waals surface area contributed by atoms with E-state index in [1.165, 1.54) is 6.07 Å². The molecule has 0 radical (unpaired) electrons. The molecule has 1 heterocycles. The van der Waals surface area contributed by atoms with Gasteiger partial charge in [0.15, 0.2) is 0 Å². The lowest BCUT2D eigenvalue weighted by Gasteiger charge is -1.98. The van der Waals surface area contributed by atoms with Crippen LogP contribution in [0.4, 0.5) is 8.78 Å². The molecule has 1 aromatic carbocycles. The summed E-state index contributed by atoms with van der Waals surface area (Å²) < 4.78 is 26.2. The Morgan fingerprint density at radius 3 is 2.80 bits per heavy atom. The molecule has 0 atom stereocenters. The van der Waals surface area contributed by atoms with Gasteiger partial charge in [-0.25, -0.2) is 8.78 Å². The van der Waals surface area contributed by atoms with Gasteiger partial charge in [0.2, 0.25) is 0 Å². The van der Waals surface area contributed by atoms with Crippen molar-refractivity contribution in [1.82, 2.24) is 4.98 Å². The number of nitrogens with one attached hydrogen (secondary N) is 1. The average molecular weight is 211 g/mol. The molecule has 0 fully saturated rings. The van der Waals surface area contributed by atoms with E-state index >= 15 is 0 Å². The molecular formula is C11H11F2NO. The number of aliphatic hydroxyl groups excluding tert-OH is 1. The van der Waals surface area contributed by atoms with Crippen molar-refractivity contribution in [2.45, 2.75) is 12.8 Å². The van der Waals surface area contributed by atoms with Gasteiger partial charge in [0.25, 0.3) is 0 Å². The van der Waals surface area contributed by atoms with Gasteiger partial charge < -0.3 is 10.1 Å². The Hall–Kier alpha value is -1.42. The number of H-pyrrole nitrogens is 1. The zero-order chi connectivity index (χ0) is 10.8. The molecule has 0 aliphatic heterocycles. The molecule has 0 saturated carbocycles. The van der Waals surface area contributed by atoms with Crippen LogP contribution in [0.2, 0.25) is 0 Å². The summed E-state index contributed by atoms with van der Waals surface area (Å²) in [5.74, 6) is -1.16. The van der Waals surface area contributed by atoms with Crippen LogP contribution in [0.25, 0.3) is 10.9 Å². The summed E-state index contributed by atoms with van der Waals surface area (Å²) in [6.45, 7) is 0.0739. The van der Waals surface area contributed by atoms with Crippen molar-refractivity contribution in [3.8, 4) is 0 Å². The van der Waals surface area contributed by atoms with E-state index < -0.39 is 11.6 Å². The maximum atomic E-state index is 13.3. The minimum absolute atomic E-state index is 0.0739. The first-order valence-corrected chi connectivity index (χ1v) is 4.78. The molecule has 15 heavy (non-hydrogen) atoms. The maximum absolute atomic E-state index is 13.3. The Bertz CT molecular complexity index is 479. The van der Waals surface area contributed by atoms with E-state index in [-0.39, 0.29) is 6.61 Å². The molecule has 2 N–H and O–H groups in total. The van der Waals surface area contributed by atoms with Crippen LogP contribution in [0, 0.1) is 11.6 Å². The lowest BCUT2D eigenvalue weighted by Crippen LogP contribution is -1.88. The maximum Gasteiger partial charge on any atom is 0.150 e. The van der Waals surface area contributed by atoms with Crippen LogP contribution in [-0.2, 0) is 6.42 Å². The molecule has 2 rings (SSSR count). The van der Waals surface area contributed by atoms with Crippen LogP contribution in [0.1, 0.15) is 12.0 Å². The van der Waals surface area contributed by atoms with Gasteiger partial charge in [0, 0.05) is 24.3 Å². The number of hydrogen-bond donors (Lipinski definition) is 2. The van der Waals surface area contributed by atoms with Gasteiger partial charge in [0.1, 0.15) is 11.6 Å². The van der Waals surface area contributed by atoms with E-state index in [9.17, 15) is 8.78 Å². The summed E-state index contributed by atoms with van der Waals surface area (Å²) >= 11 is 0. The molecular weight excluding hydrogens is 200 g/mol. The third-order valence-corrected chi connectivity index (χ3v) is 2.40. The van der Waals surface area contributed by atoms with Gasteiger partial charge in [-0.3, -0.25) is 0 Å². The predicted molar refractivity (Wildman–Crippen MR) is 53.6 cm³/mol. The highest BCUT2D eigenvalue weighted by atomic mass is 19.1. The van der Waals surface area contributed by atoms with Gasteiger partial charge in [-0.1, -0.05) is 0 Å². The molecule has 1 aromatic heterocycles. The molecule has 0 spiro atoms. The highest BCUT2D eigenvalue weighted by Gasteiger charge is 2.09. The lowest BCUT2D eigenvalue weighted by molar-refractivity contribution is 0.289. The fourth-order valence-corrected chi connectivity index (χ4v) is 1.69. The number of halogens is 2. The number of aliphatic hydroxyl groups is 1. The monoisotopic (exact) mass is 211 g/mol. The third-order valence-electron chi connectivity index (χ3n) is 2.40.